The second-order valence-corrected chi connectivity index (χ2v) is 4.77. The summed E-state index contributed by atoms with van der Waals surface area (Å²) in [5, 5.41) is 0. The number of anilines is 1. The molecule has 0 unspecified atom stereocenters. The fraction of sp³-hybridized carbons (Fsp3) is 0.286. The first-order chi connectivity index (χ1) is 10.2. The number of nitrogen functional groups attached to an aromatic ring is 1. The normalized spacial score (nSPS) is 13.9. The number of nitrogens with two attached hydrogens (primary N) is 1. The number of nitrogens with zero attached hydrogens (tertiary/aromatic N) is 2. The van der Waals surface area contributed by atoms with E-state index in [1.54, 1.807) is 0 Å². The average Bonchev–Trinajstić information content (AvgIpc) is 2.49. The van der Waals surface area contributed by atoms with Crippen molar-refractivity contribution in [2.75, 3.05) is 12.0 Å². The lowest BCUT2D eigenvalue weighted by atomic mass is 10.1. The highest BCUT2D eigenvalue weighted by Gasteiger charge is 2.18. The first kappa shape index (κ1) is 13.8. The smallest absolute Gasteiger partial charge is 0.149 e. The van der Waals surface area contributed by atoms with E-state index in [0.29, 0.717) is 36.8 Å². The van der Waals surface area contributed by atoms with Crippen molar-refractivity contribution in [2.24, 2.45) is 5.84 Å². The molecule has 1 aliphatic heterocycles. The lowest BCUT2D eigenvalue weighted by Gasteiger charge is -2.19. The monoisotopic (exact) mass is 292 g/mol. The third-order valence-corrected chi connectivity index (χ3v) is 3.37. The maximum atomic E-state index is 13.7. The minimum Gasteiger partial charge on any atom is -0.376 e. The summed E-state index contributed by atoms with van der Waals surface area (Å²) in [5.41, 5.74) is 4.53. The summed E-state index contributed by atoms with van der Waals surface area (Å²) in [5.74, 6) is 5.17. The van der Waals surface area contributed by atoms with Gasteiger partial charge in [0, 0.05) is 24.5 Å². The summed E-state index contributed by atoms with van der Waals surface area (Å²) in [4.78, 5) is 8.71. The number of hydrogen-bond acceptors (Lipinski definition) is 5. The van der Waals surface area contributed by atoms with Crippen LogP contribution in [0.5, 0.6) is 0 Å². The van der Waals surface area contributed by atoms with Crippen LogP contribution in [0.1, 0.15) is 22.6 Å². The number of ether oxygens (including phenoxy) is 1. The molecule has 3 N–H and O–H groups in total. The molecule has 3 rings (SSSR count). The highest BCUT2D eigenvalue weighted by molar-refractivity contribution is 5.46. The Morgan fingerprint density at radius 1 is 1.29 bits per heavy atom. The molecule has 1 aromatic carbocycles. The fourth-order valence-electron chi connectivity index (χ4n) is 2.32. The van der Waals surface area contributed by atoms with Gasteiger partial charge in [0.2, 0.25) is 0 Å². The van der Waals surface area contributed by atoms with E-state index in [1.165, 1.54) is 12.1 Å². The molecule has 0 radical (unpaired) electrons. The summed E-state index contributed by atoms with van der Waals surface area (Å²) in [6.45, 7) is 0.985. The summed E-state index contributed by atoms with van der Waals surface area (Å²) in [7, 11) is 0. The van der Waals surface area contributed by atoms with Crippen molar-refractivity contribution in [1.29, 1.82) is 0 Å². The van der Waals surface area contributed by atoms with Crippen LogP contribution >= 0.6 is 0 Å². The van der Waals surface area contributed by atoms with Crippen LogP contribution in [-0.4, -0.2) is 16.6 Å². The second-order valence-electron chi connectivity index (χ2n) is 4.77. The van der Waals surface area contributed by atoms with Gasteiger partial charge in [-0.2, -0.15) is 0 Å². The van der Waals surface area contributed by atoms with Crippen LogP contribution < -0.4 is 11.3 Å². The van der Waals surface area contributed by atoms with Gasteiger partial charge in [-0.15, -0.1) is 0 Å². The van der Waals surface area contributed by atoms with E-state index in [4.69, 9.17) is 10.6 Å². The number of nitrogens with one attached hydrogen (secondary N) is 1. The molecule has 0 fully saturated rings. The lowest BCUT2D eigenvalue weighted by Crippen LogP contribution is -2.20. The highest BCUT2D eigenvalue weighted by atomic mass is 19.1. The molecule has 0 saturated carbocycles. The van der Waals surface area contributed by atoms with Gasteiger partial charge >= 0.3 is 0 Å². The molecule has 2 heterocycles. The standard InChI is InChI=1S/C14H14F2N4O/c15-9-2-1-8(11(16)6-9)5-13-18-12-3-4-21-7-10(12)14(19-13)20-17/h1-2,6H,3-5,7,17H2,(H,18,19,20). The van der Waals surface area contributed by atoms with Gasteiger partial charge in [-0.3, -0.25) is 0 Å². The number of fused-ring (bicyclic) bond motifs is 1. The van der Waals surface area contributed by atoms with Crippen LogP contribution in [0.3, 0.4) is 0 Å². The number of benzene rings is 1. The summed E-state index contributed by atoms with van der Waals surface area (Å²) >= 11 is 0. The Hall–Kier alpha value is -2.12. The van der Waals surface area contributed by atoms with Crippen LogP contribution in [0.2, 0.25) is 0 Å². The zero-order valence-corrected chi connectivity index (χ0v) is 11.2. The maximum Gasteiger partial charge on any atom is 0.149 e. The van der Waals surface area contributed by atoms with Gasteiger partial charge in [-0.1, -0.05) is 6.07 Å². The summed E-state index contributed by atoms with van der Waals surface area (Å²) in [6.07, 6.45) is 0.834. The van der Waals surface area contributed by atoms with Gasteiger partial charge in [0.1, 0.15) is 23.3 Å². The topological polar surface area (TPSA) is 73.1 Å². The average molecular weight is 292 g/mol. The molecular weight excluding hydrogens is 278 g/mol. The summed E-state index contributed by atoms with van der Waals surface area (Å²) < 4.78 is 32.0. The molecule has 0 aliphatic carbocycles. The van der Waals surface area contributed by atoms with E-state index in [-0.39, 0.29) is 6.42 Å². The third-order valence-electron chi connectivity index (χ3n) is 3.37. The molecule has 0 spiro atoms. The Morgan fingerprint density at radius 3 is 2.90 bits per heavy atom. The van der Waals surface area contributed by atoms with Gasteiger partial charge in [-0.05, 0) is 11.6 Å². The van der Waals surface area contributed by atoms with Gasteiger partial charge in [-0.25, -0.2) is 24.6 Å². The van der Waals surface area contributed by atoms with Crippen molar-refractivity contribution >= 4 is 5.82 Å². The summed E-state index contributed by atoms with van der Waals surface area (Å²) in [6, 6.07) is 3.46. The van der Waals surface area contributed by atoms with Crippen LogP contribution in [0, 0.1) is 11.6 Å². The van der Waals surface area contributed by atoms with Crippen molar-refractivity contribution in [1.82, 2.24) is 9.97 Å². The van der Waals surface area contributed by atoms with Crippen molar-refractivity contribution in [3.63, 3.8) is 0 Å². The number of aromatic nitrogens is 2. The zero-order chi connectivity index (χ0) is 14.8. The molecule has 0 amide bonds. The molecule has 0 atom stereocenters. The fourth-order valence-corrected chi connectivity index (χ4v) is 2.32. The zero-order valence-electron chi connectivity index (χ0n) is 11.2. The lowest BCUT2D eigenvalue weighted by molar-refractivity contribution is 0.109. The van der Waals surface area contributed by atoms with Gasteiger partial charge in [0.15, 0.2) is 0 Å². The van der Waals surface area contributed by atoms with Gasteiger partial charge in [0.05, 0.1) is 18.9 Å². The van der Waals surface area contributed by atoms with Gasteiger partial charge < -0.3 is 10.2 Å². The first-order valence-corrected chi connectivity index (χ1v) is 6.54. The molecular formula is C14H14F2N4O. The molecule has 7 heteroatoms. The highest BCUT2D eigenvalue weighted by Crippen LogP contribution is 2.23. The van der Waals surface area contributed by atoms with Crippen LogP contribution in [0.15, 0.2) is 18.2 Å². The van der Waals surface area contributed by atoms with Gasteiger partial charge in [0.25, 0.3) is 0 Å². The van der Waals surface area contributed by atoms with Crippen LogP contribution in [0.4, 0.5) is 14.6 Å². The number of hydrogen-bond donors (Lipinski definition) is 2. The minimum absolute atomic E-state index is 0.176. The van der Waals surface area contributed by atoms with Crippen molar-refractivity contribution in [3.8, 4) is 0 Å². The van der Waals surface area contributed by atoms with E-state index in [0.717, 1.165) is 17.3 Å². The minimum atomic E-state index is -0.609. The van der Waals surface area contributed by atoms with Crippen molar-refractivity contribution in [2.45, 2.75) is 19.4 Å². The van der Waals surface area contributed by atoms with E-state index in [2.05, 4.69) is 15.4 Å². The largest absolute Gasteiger partial charge is 0.376 e. The molecule has 2 aromatic rings. The number of hydrazine groups is 1. The molecule has 0 saturated heterocycles. The molecule has 1 aromatic heterocycles. The molecule has 110 valence electrons. The van der Waals surface area contributed by atoms with E-state index >= 15 is 0 Å². The van der Waals surface area contributed by atoms with E-state index < -0.39 is 11.6 Å². The van der Waals surface area contributed by atoms with Crippen molar-refractivity contribution < 1.29 is 13.5 Å². The predicted molar refractivity (Wildman–Crippen MR) is 72.4 cm³/mol. The van der Waals surface area contributed by atoms with Crippen LogP contribution in [0.25, 0.3) is 0 Å². The Morgan fingerprint density at radius 2 is 2.14 bits per heavy atom. The first-order valence-electron chi connectivity index (χ1n) is 6.54. The number of rotatable bonds is 3. The maximum absolute atomic E-state index is 13.7. The SMILES string of the molecule is NNc1nc(Cc2ccc(F)cc2F)nc2c1COCC2. The molecule has 21 heavy (non-hydrogen) atoms. The Balaban J connectivity index is 1.95. The van der Waals surface area contributed by atoms with E-state index in [1.807, 2.05) is 0 Å². The van der Waals surface area contributed by atoms with Crippen LogP contribution in [-0.2, 0) is 24.2 Å². The molecule has 5 nitrogen and oxygen atoms in total. The second kappa shape index (κ2) is 5.71. The third kappa shape index (κ3) is 2.84. The predicted octanol–water partition coefficient (Wildman–Crippen LogP) is 1.70. The Bertz CT molecular complexity index is 661. The molecule has 1 aliphatic rings. The quantitative estimate of drug-likeness (QED) is 0.665. The molecule has 0 bridgehead atoms. The Labute approximate surface area is 120 Å². The van der Waals surface area contributed by atoms with E-state index in [9.17, 15) is 8.78 Å². The van der Waals surface area contributed by atoms with Crippen molar-refractivity contribution in [3.05, 3.63) is 52.5 Å². The Kier molecular flexibility index (Phi) is 3.76. The number of halogens is 2.